The SMILES string of the molecule is N#Cc1ccc2c(c1)COC21CCCn2cncc21. The summed E-state index contributed by atoms with van der Waals surface area (Å²) in [6, 6.07) is 8.06. The molecule has 2 aliphatic rings. The van der Waals surface area contributed by atoms with Crippen molar-refractivity contribution in [2.45, 2.75) is 31.6 Å². The summed E-state index contributed by atoms with van der Waals surface area (Å²) in [5.74, 6) is 0. The molecule has 1 atom stereocenters. The summed E-state index contributed by atoms with van der Waals surface area (Å²) in [7, 11) is 0. The molecule has 0 saturated heterocycles. The summed E-state index contributed by atoms with van der Waals surface area (Å²) in [6.45, 7) is 1.59. The fourth-order valence-electron chi connectivity index (χ4n) is 3.34. The van der Waals surface area contributed by atoms with Crippen molar-refractivity contribution in [2.75, 3.05) is 0 Å². The summed E-state index contributed by atoms with van der Waals surface area (Å²) in [6.07, 6.45) is 5.86. The van der Waals surface area contributed by atoms with Gasteiger partial charge in [-0.2, -0.15) is 5.26 Å². The number of nitrogens with zero attached hydrogens (tertiary/aromatic N) is 3. The Morgan fingerprint density at radius 3 is 3.26 bits per heavy atom. The summed E-state index contributed by atoms with van der Waals surface area (Å²) >= 11 is 0. The van der Waals surface area contributed by atoms with Gasteiger partial charge in [0.1, 0.15) is 5.60 Å². The lowest BCUT2D eigenvalue weighted by atomic mass is 9.83. The fraction of sp³-hybridized carbons (Fsp3) is 0.333. The molecule has 1 aromatic carbocycles. The quantitative estimate of drug-likeness (QED) is 0.722. The lowest BCUT2D eigenvalue weighted by Gasteiger charge is -2.34. The molecule has 1 unspecified atom stereocenters. The zero-order valence-electron chi connectivity index (χ0n) is 10.5. The molecule has 0 bridgehead atoms. The largest absolute Gasteiger partial charge is 0.359 e. The Morgan fingerprint density at radius 2 is 2.37 bits per heavy atom. The molecule has 0 aliphatic carbocycles. The molecule has 0 amide bonds. The van der Waals surface area contributed by atoms with E-state index in [1.807, 2.05) is 30.7 Å². The van der Waals surface area contributed by atoms with Crippen molar-refractivity contribution in [1.29, 1.82) is 5.26 Å². The van der Waals surface area contributed by atoms with Gasteiger partial charge in [-0.15, -0.1) is 0 Å². The van der Waals surface area contributed by atoms with Crippen LogP contribution in [0.4, 0.5) is 0 Å². The molecular weight excluding hydrogens is 238 g/mol. The van der Waals surface area contributed by atoms with Crippen molar-refractivity contribution in [3.8, 4) is 6.07 Å². The normalized spacial score (nSPS) is 23.9. The maximum atomic E-state index is 8.99. The second-order valence-corrected chi connectivity index (χ2v) is 5.18. The third kappa shape index (κ3) is 1.33. The predicted octanol–water partition coefficient (Wildman–Crippen LogP) is 2.32. The van der Waals surface area contributed by atoms with Gasteiger partial charge in [-0.1, -0.05) is 6.07 Å². The Hall–Kier alpha value is -2.12. The van der Waals surface area contributed by atoms with Crippen molar-refractivity contribution in [3.05, 3.63) is 53.1 Å². The third-order valence-corrected chi connectivity index (χ3v) is 4.20. The van der Waals surface area contributed by atoms with Gasteiger partial charge in [0.25, 0.3) is 0 Å². The third-order valence-electron chi connectivity index (χ3n) is 4.20. The van der Waals surface area contributed by atoms with Gasteiger partial charge in [-0.25, -0.2) is 4.98 Å². The minimum Gasteiger partial charge on any atom is -0.359 e. The molecule has 0 saturated carbocycles. The molecule has 0 radical (unpaired) electrons. The number of aromatic nitrogens is 2. The fourth-order valence-corrected chi connectivity index (χ4v) is 3.34. The second kappa shape index (κ2) is 3.69. The molecule has 0 N–H and O–H groups in total. The monoisotopic (exact) mass is 251 g/mol. The maximum absolute atomic E-state index is 8.99. The Labute approximate surface area is 111 Å². The summed E-state index contributed by atoms with van der Waals surface area (Å²) in [5, 5.41) is 8.99. The van der Waals surface area contributed by atoms with E-state index in [0.717, 1.165) is 30.6 Å². The average Bonchev–Trinajstić information content (AvgIpc) is 3.05. The molecule has 1 spiro atoms. The number of rotatable bonds is 0. The number of hydrogen-bond acceptors (Lipinski definition) is 3. The Kier molecular flexibility index (Phi) is 2.09. The van der Waals surface area contributed by atoms with Gasteiger partial charge in [0.15, 0.2) is 0 Å². The first-order valence-corrected chi connectivity index (χ1v) is 6.51. The molecule has 0 fully saturated rings. The van der Waals surface area contributed by atoms with Gasteiger partial charge in [0.2, 0.25) is 0 Å². The molecule has 4 rings (SSSR count). The van der Waals surface area contributed by atoms with Gasteiger partial charge < -0.3 is 9.30 Å². The van der Waals surface area contributed by atoms with Crippen LogP contribution >= 0.6 is 0 Å². The number of nitriles is 1. The summed E-state index contributed by atoms with van der Waals surface area (Å²) in [5.41, 5.74) is 3.82. The van der Waals surface area contributed by atoms with Crippen LogP contribution in [0, 0.1) is 11.3 Å². The van der Waals surface area contributed by atoms with Gasteiger partial charge >= 0.3 is 0 Å². The van der Waals surface area contributed by atoms with E-state index in [9.17, 15) is 0 Å². The Bertz CT molecular complexity index is 698. The number of ether oxygens (including phenoxy) is 1. The Balaban J connectivity index is 1.92. The highest BCUT2D eigenvalue weighted by Crippen LogP contribution is 2.47. The van der Waals surface area contributed by atoms with E-state index in [1.165, 1.54) is 5.56 Å². The van der Waals surface area contributed by atoms with Crippen LogP contribution in [0.25, 0.3) is 0 Å². The highest BCUT2D eigenvalue weighted by molar-refractivity contribution is 5.46. The number of hydrogen-bond donors (Lipinski definition) is 0. The van der Waals surface area contributed by atoms with Gasteiger partial charge in [0, 0.05) is 6.54 Å². The maximum Gasteiger partial charge on any atom is 0.135 e. The zero-order chi connectivity index (χ0) is 12.9. The van der Waals surface area contributed by atoms with Gasteiger partial charge in [0.05, 0.1) is 36.5 Å². The standard InChI is InChI=1S/C15H13N3O/c16-7-11-2-3-13-12(6-11)9-19-15(13)4-1-5-18-10-17-8-14(15)18/h2-3,6,8,10H,1,4-5,9H2. The van der Waals surface area contributed by atoms with Crippen molar-refractivity contribution in [3.63, 3.8) is 0 Å². The van der Waals surface area contributed by atoms with E-state index in [-0.39, 0.29) is 5.60 Å². The molecule has 3 heterocycles. The van der Waals surface area contributed by atoms with Crippen molar-refractivity contribution < 1.29 is 4.74 Å². The lowest BCUT2D eigenvalue weighted by molar-refractivity contribution is -0.0271. The molecule has 19 heavy (non-hydrogen) atoms. The van der Waals surface area contributed by atoms with E-state index in [4.69, 9.17) is 10.00 Å². The molecule has 4 heteroatoms. The number of aryl methyl sites for hydroxylation is 1. The molecule has 4 nitrogen and oxygen atoms in total. The number of imidazole rings is 1. The lowest BCUT2D eigenvalue weighted by Crippen LogP contribution is -2.33. The average molecular weight is 251 g/mol. The van der Waals surface area contributed by atoms with Crippen LogP contribution in [0.3, 0.4) is 0 Å². The number of fused-ring (bicyclic) bond motifs is 4. The van der Waals surface area contributed by atoms with Crippen molar-refractivity contribution in [1.82, 2.24) is 9.55 Å². The molecule has 2 aromatic rings. The molecule has 94 valence electrons. The summed E-state index contributed by atoms with van der Waals surface area (Å²) < 4.78 is 8.34. The van der Waals surface area contributed by atoms with Crippen LogP contribution in [0.2, 0.25) is 0 Å². The zero-order valence-corrected chi connectivity index (χ0v) is 10.5. The van der Waals surface area contributed by atoms with Crippen LogP contribution in [0.1, 0.15) is 35.2 Å². The molecule has 2 aliphatic heterocycles. The first-order valence-electron chi connectivity index (χ1n) is 6.51. The van der Waals surface area contributed by atoms with E-state index in [2.05, 4.69) is 15.6 Å². The van der Waals surface area contributed by atoms with Crippen LogP contribution in [-0.4, -0.2) is 9.55 Å². The second-order valence-electron chi connectivity index (χ2n) is 5.18. The first-order chi connectivity index (χ1) is 9.33. The van der Waals surface area contributed by atoms with E-state index >= 15 is 0 Å². The minimum atomic E-state index is -0.349. The Morgan fingerprint density at radius 1 is 1.42 bits per heavy atom. The van der Waals surface area contributed by atoms with E-state index < -0.39 is 0 Å². The van der Waals surface area contributed by atoms with E-state index in [1.54, 1.807) is 0 Å². The number of benzene rings is 1. The molecular formula is C15H13N3O. The smallest absolute Gasteiger partial charge is 0.135 e. The van der Waals surface area contributed by atoms with Crippen LogP contribution in [0.15, 0.2) is 30.7 Å². The first kappa shape index (κ1) is 10.8. The van der Waals surface area contributed by atoms with Gasteiger partial charge in [-0.05, 0) is 36.1 Å². The van der Waals surface area contributed by atoms with Crippen molar-refractivity contribution >= 4 is 0 Å². The predicted molar refractivity (Wildman–Crippen MR) is 68.2 cm³/mol. The molecule has 1 aromatic heterocycles. The van der Waals surface area contributed by atoms with Crippen LogP contribution in [0.5, 0.6) is 0 Å². The van der Waals surface area contributed by atoms with Crippen LogP contribution < -0.4 is 0 Å². The van der Waals surface area contributed by atoms with Gasteiger partial charge in [-0.3, -0.25) is 0 Å². The minimum absolute atomic E-state index is 0.349. The highest BCUT2D eigenvalue weighted by atomic mass is 16.5. The van der Waals surface area contributed by atoms with Crippen molar-refractivity contribution in [2.24, 2.45) is 0 Å². The topological polar surface area (TPSA) is 50.8 Å². The highest BCUT2D eigenvalue weighted by Gasteiger charge is 2.45. The summed E-state index contributed by atoms with van der Waals surface area (Å²) in [4.78, 5) is 4.26. The van der Waals surface area contributed by atoms with E-state index in [0.29, 0.717) is 12.2 Å². The van der Waals surface area contributed by atoms with Crippen LogP contribution in [-0.2, 0) is 23.5 Å².